The molecule has 1 amide bonds. The smallest absolute Gasteiger partial charge is 0.222 e. The van der Waals surface area contributed by atoms with Gasteiger partial charge in [0.25, 0.3) is 0 Å². The number of amides is 1. The molecule has 0 saturated carbocycles. The van der Waals surface area contributed by atoms with E-state index in [1.54, 1.807) is 4.90 Å². The third-order valence-corrected chi connectivity index (χ3v) is 2.47. The molecule has 0 N–H and O–H groups in total. The Balaban J connectivity index is 4.53. The largest absolute Gasteiger partial charge is 0.341 e. The second kappa shape index (κ2) is 4.37. The van der Waals surface area contributed by atoms with Crippen molar-refractivity contribution in [2.24, 2.45) is 0 Å². The van der Waals surface area contributed by atoms with Gasteiger partial charge in [-0.3, -0.25) is 4.79 Å². The van der Waals surface area contributed by atoms with Gasteiger partial charge in [0.15, 0.2) is 0 Å². The summed E-state index contributed by atoms with van der Waals surface area (Å²) in [6.45, 7) is 9.95. The SMILES string of the molecule is [B]C(C)(C)CC(C)(C)N(C)C(=O)CC. The molecule has 0 aromatic heterocycles. The van der Waals surface area contributed by atoms with Crippen LogP contribution in [0.1, 0.15) is 47.5 Å². The molecule has 0 spiro atoms. The Kier molecular flexibility index (Phi) is 4.23. The maximum absolute atomic E-state index is 11.5. The molecule has 0 aromatic rings. The molecular formula is C11H22BNO. The highest BCUT2D eigenvalue weighted by molar-refractivity contribution is 6.14. The number of carbonyl (C=O) groups excluding carboxylic acids is 1. The Hall–Kier alpha value is -0.465. The zero-order chi connectivity index (χ0) is 11.6. The topological polar surface area (TPSA) is 20.3 Å². The fourth-order valence-corrected chi connectivity index (χ4v) is 1.81. The standard InChI is InChI=1S/C11H22BNO/c1-7-9(14)13(6)11(4,5)8-10(2,3)12/h7-8H2,1-6H3. The summed E-state index contributed by atoms with van der Waals surface area (Å²) in [7, 11) is 7.81. The molecule has 0 unspecified atom stereocenters. The van der Waals surface area contributed by atoms with E-state index in [9.17, 15) is 4.79 Å². The van der Waals surface area contributed by atoms with E-state index in [1.165, 1.54) is 0 Å². The zero-order valence-corrected chi connectivity index (χ0v) is 10.3. The fraction of sp³-hybridized carbons (Fsp3) is 0.909. The highest BCUT2D eigenvalue weighted by Gasteiger charge is 2.30. The first-order valence-corrected chi connectivity index (χ1v) is 5.15. The number of hydrogen-bond acceptors (Lipinski definition) is 1. The summed E-state index contributed by atoms with van der Waals surface area (Å²) in [6.07, 6.45) is 1.34. The van der Waals surface area contributed by atoms with Crippen LogP contribution in [0.15, 0.2) is 0 Å². The van der Waals surface area contributed by atoms with Gasteiger partial charge in [0.2, 0.25) is 5.91 Å². The van der Waals surface area contributed by atoms with Crippen LogP contribution in [0.25, 0.3) is 0 Å². The van der Waals surface area contributed by atoms with Gasteiger partial charge in [-0.25, -0.2) is 0 Å². The van der Waals surface area contributed by atoms with Gasteiger partial charge < -0.3 is 4.90 Å². The quantitative estimate of drug-likeness (QED) is 0.630. The average molecular weight is 195 g/mol. The first-order chi connectivity index (χ1) is 6.10. The minimum atomic E-state index is -0.244. The molecule has 0 atom stereocenters. The second-order valence-corrected chi connectivity index (χ2v) is 5.28. The van der Waals surface area contributed by atoms with Crippen molar-refractivity contribution in [2.45, 2.75) is 58.3 Å². The van der Waals surface area contributed by atoms with Crippen molar-refractivity contribution < 1.29 is 4.79 Å². The highest BCUT2D eigenvalue weighted by Crippen LogP contribution is 2.33. The zero-order valence-electron chi connectivity index (χ0n) is 10.3. The molecule has 0 fully saturated rings. The Morgan fingerprint density at radius 2 is 1.71 bits per heavy atom. The van der Waals surface area contributed by atoms with Crippen LogP contribution in [0, 0.1) is 0 Å². The van der Waals surface area contributed by atoms with Crippen LogP contribution < -0.4 is 0 Å². The van der Waals surface area contributed by atoms with Crippen LogP contribution >= 0.6 is 0 Å². The minimum Gasteiger partial charge on any atom is -0.341 e. The van der Waals surface area contributed by atoms with Crippen LogP contribution in [0.5, 0.6) is 0 Å². The van der Waals surface area contributed by atoms with Gasteiger partial charge in [0.05, 0.1) is 7.85 Å². The minimum absolute atomic E-state index is 0.166. The summed E-state index contributed by atoms with van der Waals surface area (Å²) in [4.78, 5) is 13.3. The van der Waals surface area contributed by atoms with Crippen molar-refractivity contribution in [3.63, 3.8) is 0 Å². The summed E-state index contributed by atoms with van der Waals surface area (Å²) in [5.74, 6) is 0.166. The number of rotatable bonds is 4. The Bertz CT molecular complexity index is 206. The van der Waals surface area contributed by atoms with Gasteiger partial charge in [-0.2, -0.15) is 0 Å². The van der Waals surface area contributed by atoms with E-state index in [1.807, 2.05) is 27.8 Å². The number of nitrogens with zero attached hydrogens (tertiary/aromatic N) is 1. The predicted octanol–water partition coefficient (Wildman–Crippen LogP) is 2.39. The number of carbonyl (C=O) groups is 1. The van der Waals surface area contributed by atoms with Crippen molar-refractivity contribution in [1.82, 2.24) is 4.90 Å². The first-order valence-electron chi connectivity index (χ1n) is 5.15. The second-order valence-electron chi connectivity index (χ2n) is 5.28. The van der Waals surface area contributed by atoms with Crippen LogP contribution in [0.2, 0.25) is 5.31 Å². The molecule has 80 valence electrons. The molecule has 3 heteroatoms. The molecule has 0 aliphatic rings. The monoisotopic (exact) mass is 195 g/mol. The van der Waals surface area contributed by atoms with Crippen LogP contribution in [0.4, 0.5) is 0 Å². The summed E-state index contributed by atoms with van der Waals surface area (Å²) < 4.78 is 0. The van der Waals surface area contributed by atoms with Crippen LogP contribution in [-0.4, -0.2) is 31.2 Å². The molecule has 0 saturated heterocycles. The summed E-state index contributed by atoms with van der Waals surface area (Å²) in [5, 5.41) is -0.244. The fourth-order valence-electron chi connectivity index (χ4n) is 1.81. The van der Waals surface area contributed by atoms with E-state index < -0.39 is 0 Å². The molecule has 0 heterocycles. The van der Waals surface area contributed by atoms with Crippen molar-refractivity contribution >= 4 is 13.8 Å². The van der Waals surface area contributed by atoms with E-state index in [-0.39, 0.29) is 16.8 Å². The van der Waals surface area contributed by atoms with Gasteiger partial charge in [0.1, 0.15) is 0 Å². The van der Waals surface area contributed by atoms with Gasteiger partial charge in [-0.15, -0.1) is 0 Å². The maximum Gasteiger partial charge on any atom is 0.222 e. The van der Waals surface area contributed by atoms with E-state index in [4.69, 9.17) is 7.85 Å². The van der Waals surface area contributed by atoms with Crippen molar-refractivity contribution in [1.29, 1.82) is 0 Å². The average Bonchev–Trinajstić information content (AvgIpc) is 1.97. The van der Waals surface area contributed by atoms with E-state index in [2.05, 4.69) is 13.8 Å². The lowest BCUT2D eigenvalue weighted by Crippen LogP contribution is -2.46. The molecule has 0 aromatic carbocycles. The Morgan fingerprint density at radius 1 is 1.29 bits per heavy atom. The molecule has 0 aliphatic carbocycles. The van der Waals surface area contributed by atoms with Gasteiger partial charge in [-0.1, -0.05) is 26.1 Å². The van der Waals surface area contributed by atoms with Crippen LogP contribution in [0.3, 0.4) is 0 Å². The molecule has 14 heavy (non-hydrogen) atoms. The summed E-state index contributed by atoms with van der Waals surface area (Å²) >= 11 is 0. The first kappa shape index (κ1) is 13.5. The van der Waals surface area contributed by atoms with Gasteiger partial charge in [-0.05, 0) is 20.3 Å². The van der Waals surface area contributed by atoms with Gasteiger partial charge in [0, 0.05) is 19.0 Å². The van der Waals surface area contributed by atoms with Crippen molar-refractivity contribution in [3.8, 4) is 0 Å². The van der Waals surface area contributed by atoms with Crippen LogP contribution in [-0.2, 0) is 4.79 Å². The van der Waals surface area contributed by atoms with Crippen molar-refractivity contribution in [3.05, 3.63) is 0 Å². The molecule has 2 radical (unpaired) electrons. The molecular weight excluding hydrogens is 173 g/mol. The third-order valence-electron chi connectivity index (χ3n) is 2.47. The van der Waals surface area contributed by atoms with Crippen molar-refractivity contribution in [2.75, 3.05) is 7.05 Å². The Labute approximate surface area is 89.5 Å². The Morgan fingerprint density at radius 3 is 2.00 bits per heavy atom. The molecule has 0 bridgehead atoms. The molecule has 0 aliphatic heterocycles. The lowest BCUT2D eigenvalue weighted by molar-refractivity contribution is -0.134. The molecule has 0 rings (SSSR count). The third kappa shape index (κ3) is 4.16. The van der Waals surface area contributed by atoms with E-state index >= 15 is 0 Å². The maximum atomic E-state index is 11.5. The summed E-state index contributed by atoms with van der Waals surface area (Å²) in [5.41, 5.74) is -0.175. The molecule has 2 nitrogen and oxygen atoms in total. The predicted molar refractivity (Wildman–Crippen MR) is 61.6 cm³/mol. The van der Waals surface area contributed by atoms with Gasteiger partial charge >= 0.3 is 0 Å². The normalized spacial score (nSPS) is 12.7. The van der Waals surface area contributed by atoms with E-state index in [0.29, 0.717) is 6.42 Å². The van der Waals surface area contributed by atoms with E-state index in [0.717, 1.165) is 6.42 Å². The highest BCUT2D eigenvalue weighted by atomic mass is 16.2. The lowest BCUT2D eigenvalue weighted by atomic mass is 9.65. The summed E-state index contributed by atoms with van der Waals surface area (Å²) in [6, 6.07) is 0. The lowest BCUT2D eigenvalue weighted by Gasteiger charge is -2.40. The number of hydrogen-bond donors (Lipinski definition) is 0.